The molecule has 0 bridgehead atoms. The predicted molar refractivity (Wildman–Crippen MR) is 81.6 cm³/mol. The summed E-state index contributed by atoms with van der Waals surface area (Å²) >= 11 is 0. The highest BCUT2D eigenvalue weighted by molar-refractivity contribution is 5.44. The van der Waals surface area contributed by atoms with Gasteiger partial charge >= 0.3 is 0 Å². The molecule has 1 aromatic carbocycles. The summed E-state index contributed by atoms with van der Waals surface area (Å²) in [6, 6.07) is 5.79. The van der Waals surface area contributed by atoms with Crippen molar-refractivity contribution in [3.63, 3.8) is 0 Å². The van der Waals surface area contributed by atoms with Crippen molar-refractivity contribution in [2.75, 3.05) is 19.8 Å². The summed E-state index contributed by atoms with van der Waals surface area (Å²) in [5, 5.41) is 10.9. The van der Waals surface area contributed by atoms with Gasteiger partial charge in [0.25, 0.3) is 0 Å². The topological polar surface area (TPSA) is 64.7 Å². The highest BCUT2D eigenvalue weighted by Crippen LogP contribution is 2.46. The van der Waals surface area contributed by atoms with Crippen LogP contribution in [0.25, 0.3) is 0 Å². The van der Waals surface area contributed by atoms with Gasteiger partial charge in [-0.15, -0.1) is 0 Å². The van der Waals surface area contributed by atoms with Crippen molar-refractivity contribution in [2.24, 2.45) is 11.1 Å². The number of benzene rings is 1. The third-order valence-corrected chi connectivity index (χ3v) is 4.92. The zero-order chi connectivity index (χ0) is 14.7. The van der Waals surface area contributed by atoms with Crippen LogP contribution >= 0.6 is 0 Å². The summed E-state index contributed by atoms with van der Waals surface area (Å²) in [6.45, 7) is 1.87. The molecule has 0 saturated heterocycles. The molecule has 1 saturated carbocycles. The number of rotatable bonds is 3. The molecule has 4 heteroatoms. The fourth-order valence-corrected chi connectivity index (χ4v) is 3.55. The zero-order valence-corrected chi connectivity index (χ0v) is 12.5. The van der Waals surface area contributed by atoms with Gasteiger partial charge in [0.1, 0.15) is 0 Å². The first-order chi connectivity index (χ1) is 10.2. The van der Waals surface area contributed by atoms with Gasteiger partial charge in [0.15, 0.2) is 11.5 Å². The van der Waals surface area contributed by atoms with E-state index in [1.54, 1.807) is 0 Å². The van der Waals surface area contributed by atoms with Crippen molar-refractivity contribution < 1.29 is 14.6 Å². The molecular weight excluding hydrogens is 266 g/mol. The van der Waals surface area contributed by atoms with Gasteiger partial charge in [-0.25, -0.2) is 0 Å². The Morgan fingerprint density at radius 3 is 2.48 bits per heavy atom. The Kier molecular flexibility index (Phi) is 4.36. The summed E-state index contributed by atoms with van der Waals surface area (Å²) in [5.74, 6) is 1.51. The monoisotopic (exact) mass is 291 g/mol. The van der Waals surface area contributed by atoms with Crippen molar-refractivity contribution >= 4 is 0 Å². The normalized spacial score (nSPS) is 22.4. The number of ether oxygens (including phenoxy) is 2. The van der Waals surface area contributed by atoms with E-state index < -0.39 is 6.10 Å². The van der Waals surface area contributed by atoms with Gasteiger partial charge in [-0.2, -0.15) is 0 Å². The average Bonchev–Trinajstić information content (AvgIpc) is 2.79. The Morgan fingerprint density at radius 1 is 1.05 bits per heavy atom. The molecule has 116 valence electrons. The van der Waals surface area contributed by atoms with Crippen molar-refractivity contribution in [1.29, 1.82) is 0 Å². The fourth-order valence-electron chi connectivity index (χ4n) is 3.55. The second kappa shape index (κ2) is 6.24. The zero-order valence-electron chi connectivity index (χ0n) is 12.5. The van der Waals surface area contributed by atoms with Gasteiger partial charge in [-0.05, 0) is 30.5 Å². The van der Waals surface area contributed by atoms with E-state index in [1.807, 2.05) is 18.2 Å². The van der Waals surface area contributed by atoms with E-state index in [-0.39, 0.29) is 5.41 Å². The van der Waals surface area contributed by atoms with Gasteiger partial charge in [0.05, 0.1) is 19.3 Å². The van der Waals surface area contributed by atoms with E-state index in [0.29, 0.717) is 19.8 Å². The Bertz CT molecular complexity index is 483. The quantitative estimate of drug-likeness (QED) is 0.899. The molecule has 0 spiro atoms. The minimum Gasteiger partial charge on any atom is -0.490 e. The number of aliphatic hydroxyl groups excluding tert-OH is 1. The Labute approximate surface area is 126 Å². The predicted octanol–water partition coefficient (Wildman–Crippen LogP) is 2.79. The molecule has 1 fully saturated rings. The number of fused-ring (bicyclic) bond motifs is 1. The molecule has 1 unspecified atom stereocenters. The Hall–Kier alpha value is -1.26. The molecule has 3 rings (SSSR count). The molecule has 1 atom stereocenters. The molecule has 1 aliphatic carbocycles. The maximum Gasteiger partial charge on any atom is 0.161 e. The minimum atomic E-state index is -0.528. The number of aliphatic hydroxyl groups is 1. The molecule has 1 heterocycles. The summed E-state index contributed by atoms with van der Waals surface area (Å²) in [5.41, 5.74) is 6.74. The second-order valence-electron chi connectivity index (χ2n) is 6.29. The number of hydrogen-bond acceptors (Lipinski definition) is 4. The van der Waals surface area contributed by atoms with Crippen LogP contribution in [0.1, 0.15) is 50.2 Å². The third-order valence-electron chi connectivity index (χ3n) is 4.92. The van der Waals surface area contributed by atoms with Crippen molar-refractivity contribution in [1.82, 2.24) is 0 Å². The van der Waals surface area contributed by atoms with Crippen LogP contribution in [0.3, 0.4) is 0 Å². The molecule has 3 N–H and O–H groups in total. The van der Waals surface area contributed by atoms with E-state index >= 15 is 0 Å². The lowest BCUT2D eigenvalue weighted by Gasteiger charge is -2.40. The summed E-state index contributed by atoms with van der Waals surface area (Å²) in [7, 11) is 0. The smallest absolute Gasteiger partial charge is 0.161 e. The molecule has 21 heavy (non-hydrogen) atoms. The Balaban J connectivity index is 1.86. The summed E-state index contributed by atoms with van der Waals surface area (Å²) < 4.78 is 11.4. The van der Waals surface area contributed by atoms with Gasteiger partial charge in [0.2, 0.25) is 0 Å². The molecule has 2 aliphatic rings. The lowest BCUT2D eigenvalue weighted by molar-refractivity contribution is 0.000545. The van der Waals surface area contributed by atoms with Gasteiger partial charge in [-0.3, -0.25) is 0 Å². The van der Waals surface area contributed by atoms with Crippen LogP contribution in [-0.4, -0.2) is 24.9 Å². The van der Waals surface area contributed by atoms with Gasteiger partial charge < -0.3 is 20.3 Å². The third kappa shape index (κ3) is 2.87. The molecule has 1 aromatic rings. The highest BCUT2D eigenvalue weighted by atomic mass is 16.5. The Morgan fingerprint density at radius 2 is 1.76 bits per heavy atom. The van der Waals surface area contributed by atoms with E-state index in [4.69, 9.17) is 15.2 Å². The largest absolute Gasteiger partial charge is 0.490 e. The lowest BCUT2D eigenvalue weighted by atomic mass is 9.68. The fraction of sp³-hybridized carbons (Fsp3) is 0.647. The summed E-state index contributed by atoms with van der Waals surface area (Å²) in [4.78, 5) is 0. The second-order valence-corrected chi connectivity index (χ2v) is 6.29. The van der Waals surface area contributed by atoms with Crippen molar-refractivity contribution in [3.8, 4) is 11.5 Å². The minimum absolute atomic E-state index is 0.182. The van der Waals surface area contributed by atoms with E-state index in [0.717, 1.165) is 49.2 Å². The van der Waals surface area contributed by atoms with Crippen LogP contribution in [0.15, 0.2) is 18.2 Å². The van der Waals surface area contributed by atoms with Gasteiger partial charge in [0, 0.05) is 18.4 Å². The van der Waals surface area contributed by atoms with E-state index in [1.165, 1.54) is 6.42 Å². The SMILES string of the molecule is NCC1(C(O)c2ccc3c(c2)OCCCO3)CCCCC1. The van der Waals surface area contributed by atoms with Crippen LogP contribution < -0.4 is 15.2 Å². The van der Waals surface area contributed by atoms with Crippen molar-refractivity contribution in [3.05, 3.63) is 23.8 Å². The number of nitrogens with two attached hydrogens (primary N) is 1. The molecular formula is C17H25NO3. The molecule has 1 aliphatic heterocycles. The van der Waals surface area contributed by atoms with Crippen LogP contribution in [0, 0.1) is 5.41 Å². The maximum atomic E-state index is 10.9. The van der Waals surface area contributed by atoms with E-state index in [9.17, 15) is 5.11 Å². The lowest BCUT2D eigenvalue weighted by Crippen LogP contribution is -2.38. The molecule has 0 radical (unpaired) electrons. The van der Waals surface area contributed by atoms with Crippen molar-refractivity contribution in [2.45, 2.75) is 44.6 Å². The first-order valence-corrected chi connectivity index (χ1v) is 8.03. The van der Waals surface area contributed by atoms with Crippen LogP contribution in [0.4, 0.5) is 0 Å². The molecule has 0 aromatic heterocycles. The van der Waals surface area contributed by atoms with Gasteiger partial charge in [-0.1, -0.05) is 25.3 Å². The van der Waals surface area contributed by atoms with E-state index in [2.05, 4.69) is 0 Å². The van der Waals surface area contributed by atoms with Crippen LogP contribution in [0.2, 0.25) is 0 Å². The maximum absolute atomic E-state index is 10.9. The average molecular weight is 291 g/mol. The first kappa shape index (κ1) is 14.7. The van der Waals surface area contributed by atoms with Crippen LogP contribution in [0.5, 0.6) is 11.5 Å². The number of hydrogen-bond donors (Lipinski definition) is 2. The molecule has 0 amide bonds. The molecule has 4 nitrogen and oxygen atoms in total. The first-order valence-electron chi connectivity index (χ1n) is 8.03. The highest BCUT2D eigenvalue weighted by Gasteiger charge is 2.38. The summed E-state index contributed by atoms with van der Waals surface area (Å²) in [6.07, 6.45) is 5.91. The van der Waals surface area contributed by atoms with Crippen LogP contribution in [-0.2, 0) is 0 Å². The standard InChI is InChI=1S/C17H25NO3/c18-12-17(7-2-1-3-8-17)16(19)13-5-6-14-15(11-13)21-10-4-9-20-14/h5-6,11,16,19H,1-4,7-10,12,18H2.